The average Bonchev–Trinajstić information content (AvgIpc) is 3.15. The van der Waals surface area contributed by atoms with Crippen LogP contribution >= 0.6 is 0 Å². The largest absolute Gasteiger partial charge is 0.451 e. The zero-order valence-corrected chi connectivity index (χ0v) is 14.3. The normalized spacial score (nSPS) is 14.5. The molecule has 1 amide bonds. The Labute approximate surface area is 149 Å². The fraction of sp³-hybridized carbons (Fsp3) is 0.444. The van der Waals surface area contributed by atoms with Crippen LogP contribution in [0.2, 0.25) is 0 Å². The topological polar surface area (TPSA) is 111 Å². The van der Waals surface area contributed by atoms with Crippen LogP contribution in [0.15, 0.2) is 29.1 Å². The van der Waals surface area contributed by atoms with Gasteiger partial charge in [-0.25, -0.2) is 9.48 Å². The summed E-state index contributed by atoms with van der Waals surface area (Å²) in [5, 5.41) is 16.6. The molecule has 1 aromatic carbocycles. The number of carbonyl (C=O) groups excluding carboxylic acids is 2. The number of hydrogen-bond acceptors (Lipinski definition) is 6. The summed E-state index contributed by atoms with van der Waals surface area (Å²) in [6.07, 6.45) is 4.07. The lowest BCUT2D eigenvalue weighted by Gasteiger charge is -2.13. The molecule has 1 aliphatic carbocycles. The standard InChI is InChI=1S/C18H21N3O5/c22-10-9-21-17(24)14-8-4-3-7-13(14)16(20-21)18(25)26-11-15(23)19-12-5-1-2-6-12/h3-4,7-8,12,22H,1-2,5-6,9-11H2,(H,19,23). The molecule has 8 heteroatoms. The number of carbonyl (C=O) groups is 2. The van der Waals surface area contributed by atoms with E-state index in [4.69, 9.17) is 9.84 Å². The molecule has 0 saturated heterocycles. The number of fused-ring (bicyclic) bond motifs is 1. The quantitative estimate of drug-likeness (QED) is 0.731. The Hall–Kier alpha value is -2.74. The fourth-order valence-corrected chi connectivity index (χ4v) is 3.17. The molecular weight excluding hydrogens is 338 g/mol. The molecule has 138 valence electrons. The van der Waals surface area contributed by atoms with Crippen molar-refractivity contribution in [2.45, 2.75) is 38.3 Å². The van der Waals surface area contributed by atoms with Gasteiger partial charge in [0.25, 0.3) is 11.5 Å². The van der Waals surface area contributed by atoms with Gasteiger partial charge in [0, 0.05) is 11.4 Å². The van der Waals surface area contributed by atoms with Gasteiger partial charge in [0.15, 0.2) is 12.3 Å². The van der Waals surface area contributed by atoms with Gasteiger partial charge < -0.3 is 15.2 Å². The lowest BCUT2D eigenvalue weighted by molar-refractivity contribution is -0.124. The zero-order valence-electron chi connectivity index (χ0n) is 14.3. The molecule has 1 fully saturated rings. The van der Waals surface area contributed by atoms with Crippen LogP contribution in [0.3, 0.4) is 0 Å². The summed E-state index contributed by atoms with van der Waals surface area (Å²) in [4.78, 5) is 36.7. The molecule has 0 radical (unpaired) electrons. The van der Waals surface area contributed by atoms with Crippen molar-refractivity contribution in [2.75, 3.05) is 13.2 Å². The predicted molar refractivity (Wildman–Crippen MR) is 93.8 cm³/mol. The SMILES string of the molecule is O=C(COC(=O)c1nn(CCO)c(=O)c2ccccc12)NC1CCCC1. The number of aliphatic hydroxyl groups is 1. The highest BCUT2D eigenvalue weighted by Gasteiger charge is 2.21. The summed E-state index contributed by atoms with van der Waals surface area (Å²) in [6.45, 7) is -0.722. The highest BCUT2D eigenvalue weighted by molar-refractivity contribution is 6.02. The fourth-order valence-electron chi connectivity index (χ4n) is 3.17. The number of rotatable bonds is 6. The third kappa shape index (κ3) is 3.91. The van der Waals surface area contributed by atoms with E-state index in [2.05, 4.69) is 10.4 Å². The number of ether oxygens (including phenoxy) is 1. The maximum Gasteiger partial charge on any atom is 0.359 e. The van der Waals surface area contributed by atoms with E-state index in [0.717, 1.165) is 30.4 Å². The number of amides is 1. The van der Waals surface area contributed by atoms with E-state index < -0.39 is 18.1 Å². The van der Waals surface area contributed by atoms with E-state index in [-0.39, 0.29) is 30.8 Å². The minimum atomic E-state index is -0.783. The van der Waals surface area contributed by atoms with Gasteiger partial charge in [-0.3, -0.25) is 9.59 Å². The molecule has 0 bridgehead atoms. The molecular formula is C18H21N3O5. The second-order valence-electron chi connectivity index (χ2n) is 6.27. The maximum atomic E-state index is 12.4. The van der Waals surface area contributed by atoms with Gasteiger partial charge in [-0.2, -0.15) is 5.10 Å². The molecule has 1 aliphatic rings. The summed E-state index contributed by atoms with van der Waals surface area (Å²) in [5.74, 6) is -1.13. The zero-order chi connectivity index (χ0) is 18.5. The van der Waals surface area contributed by atoms with Crippen molar-refractivity contribution in [1.29, 1.82) is 0 Å². The summed E-state index contributed by atoms with van der Waals surface area (Å²) in [7, 11) is 0. The molecule has 26 heavy (non-hydrogen) atoms. The second kappa shape index (κ2) is 8.09. The molecule has 0 unspecified atom stereocenters. The molecule has 2 aromatic rings. The van der Waals surface area contributed by atoms with Crippen molar-refractivity contribution in [3.8, 4) is 0 Å². The van der Waals surface area contributed by atoms with Crippen LogP contribution < -0.4 is 10.9 Å². The van der Waals surface area contributed by atoms with Crippen LogP contribution in [0.25, 0.3) is 10.8 Å². The third-order valence-corrected chi connectivity index (χ3v) is 4.43. The molecule has 1 aromatic heterocycles. The molecule has 0 atom stereocenters. The number of aliphatic hydroxyl groups excluding tert-OH is 1. The number of aromatic nitrogens is 2. The average molecular weight is 359 g/mol. The monoisotopic (exact) mass is 359 g/mol. The number of benzene rings is 1. The van der Waals surface area contributed by atoms with Crippen molar-refractivity contribution >= 4 is 22.6 Å². The first-order chi connectivity index (χ1) is 12.6. The van der Waals surface area contributed by atoms with Crippen molar-refractivity contribution in [2.24, 2.45) is 0 Å². The Kier molecular flexibility index (Phi) is 5.62. The summed E-state index contributed by atoms with van der Waals surface area (Å²) in [5.41, 5.74) is -0.451. The van der Waals surface area contributed by atoms with Crippen LogP contribution in [-0.2, 0) is 16.1 Å². The van der Waals surface area contributed by atoms with Gasteiger partial charge in [0.2, 0.25) is 0 Å². The van der Waals surface area contributed by atoms with Crippen LogP contribution in [0.4, 0.5) is 0 Å². The van der Waals surface area contributed by atoms with Crippen LogP contribution in [0.1, 0.15) is 36.2 Å². The van der Waals surface area contributed by atoms with Crippen molar-refractivity contribution in [3.63, 3.8) is 0 Å². The molecule has 0 spiro atoms. The van der Waals surface area contributed by atoms with Gasteiger partial charge in [-0.15, -0.1) is 0 Å². The van der Waals surface area contributed by atoms with Crippen LogP contribution in [0, 0.1) is 0 Å². The minimum absolute atomic E-state index is 0.0356. The van der Waals surface area contributed by atoms with Crippen LogP contribution in [0.5, 0.6) is 0 Å². The van der Waals surface area contributed by atoms with Gasteiger partial charge in [-0.1, -0.05) is 31.0 Å². The Morgan fingerprint density at radius 2 is 1.92 bits per heavy atom. The Bertz CT molecular complexity index is 871. The van der Waals surface area contributed by atoms with Crippen molar-refractivity contribution in [3.05, 3.63) is 40.3 Å². The second-order valence-corrected chi connectivity index (χ2v) is 6.27. The molecule has 2 N–H and O–H groups in total. The number of esters is 1. The van der Waals surface area contributed by atoms with Gasteiger partial charge in [0.05, 0.1) is 18.5 Å². The summed E-state index contributed by atoms with van der Waals surface area (Å²) < 4.78 is 6.12. The third-order valence-electron chi connectivity index (χ3n) is 4.43. The van der Waals surface area contributed by atoms with Gasteiger partial charge in [0.1, 0.15) is 0 Å². The van der Waals surface area contributed by atoms with Crippen molar-refractivity contribution < 1.29 is 19.4 Å². The number of nitrogens with zero attached hydrogens (tertiary/aromatic N) is 2. The highest BCUT2D eigenvalue weighted by atomic mass is 16.5. The van der Waals surface area contributed by atoms with E-state index in [0.29, 0.717) is 10.8 Å². The number of nitrogens with one attached hydrogen (secondary N) is 1. The molecule has 3 rings (SSSR count). The first-order valence-electron chi connectivity index (χ1n) is 8.67. The minimum Gasteiger partial charge on any atom is -0.451 e. The molecule has 1 heterocycles. The Balaban J connectivity index is 1.77. The van der Waals surface area contributed by atoms with E-state index in [1.54, 1.807) is 24.3 Å². The van der Waals surface area contributed by atoms with E-state index in [9.17, 15) is 14.4 Å². The summed E-state index contributed by atoms with van der Waals surface area (Å²) >= 11 is 0. The predicted octanol–water partition coefficient (Wildman–Crippen LogP) is 0.604. The van der Waals surface area contributed by atoms with E-state index in [1.807, 2.05) is 0 Å². The first-order valence-corrected chi connectivity index (χ1v) is 8.67. The van der Waals surface area contributed by atoms with Gasteiger partial charge >= 0.3 is 5.97 Å². The van der Waals surface area contributed by atoms with E-state index in [1.165, 1.54) is 0 Å². The smallest absolute Gasteiger partial charge is 0.359 e. The van der Waals surface area contributed by atoms with Gasteiger partial charge in [-0.05, 0) is 18.9 Å². The molecule has 0 aliphatic heterocycles. The highest BCUT2D eigenvalue weighted by Crippen LogP contribution is 2.17. The van der Waals surface area contributed by atoms with E-state index >= 15 is 0 Å². The lowest BCUT2D eigenvalue weighted by Crippen LogP contribution is -2.36. The molecule has 8 nitrogen and oxygen atoms in total. The summed E-state index contributed by atoms with van der Waals surface area (Å²) in [6, 6.07) is 6.69. The number of hydrogen-bond donors (Lipinski definition) is 2. The molecule has 1 saturated carbocycles. The van der Waals surface area contributed by atoms with Crippen LogP contribution in [-0.4, -0.2) is 46.0 Å². The first kappa shape index (κ1) is 18.1. The lowest BCUT2D eigenvalue weighted by atomic mass is 10.1. The Morgan fingerprint density at radius 3 is 2.62 bits per heavy atom. The Morgan fingerprint density at radius 1 is 1.23 bits per heavy atom. The maximum absolute atomic E-state index is 12.4. The van der Waals surface area contributed by atoms with Crippen molar-refractivity contribution in [1.82, 2.24) is 15.1 Å².